The van der Waals surface area contributed by atoms with Gasteiger partial charge in [0.2, 0.25) is 0 Å². The second-order valence-corrected chi connectivity index (χ2v) is 6.08. The van der Waals surface area contributed by atoms with Gasteiger partial charge in [-0.25, -0.2) is 8.42 Å². The fourth-order valence-corrected chi connectivity index (χ4v) is 2.75. The standard InChI is InChI=1S/C10H9IN2O3S/c1-7-9(11)10(12-16-7)13-17(14,15)8-5-3-2-4-6-8/h2-6H,1H3,(H,12,13). The second-order valence-electron chi connectivity index (χ2n) is 3.32. The third kappa shape index (κ3) is 2.60. The van der Waals surface area contributed by atoms with Gasteiger partial charge in [0.25, 0.3) is 10.0 Å². The van der Waals surface area contributed by atoms with Crippen LogP contribution in [0.15, 0.2) is 39.8 Å². The Morgan fingerprint density at radius 1 is 1.29 bits per heavy atom. The van der Waals surface area contributed by atoms with Crippen LogP contribution in [0.2, 0.25) is 0 Å². The molecule has 1 aromatic heterocycles. The van der Waals surface area contributed by atoms with Crippen LogP contribution in [0.4, 0.5) is 5.82 Å². The molecule has 0 saturated carbocycles. The number of aryl methyl sites for hydroxylation is 1. The monoisotopic (exact) mass is 364 g/mol. The summed E-state index contributed by atoms with van der Waals surface area (Å²) >= 11 is 1.98. The first-order valence-corrected chi connectivity index (χ1v) is 7.26. The summed E-state index contributed by atoms with van der Waals surface area (Å²) in [7, 11) is -3.60. The summed E-state index contributed by atoms with van der Waals surface area (Å²) in [5, 5.41) is 3.65. The Hall–Kier alpha value is -1.09. The molecule has 0 fully saturated rings. The van der Waals surface area contributed by atoms with Gasteiger partial charge in [-0.05, 0) is 41.6 Å². The quantitative estimate of drug-likeness (QED) is 0.849. The molecule has 0 spiro atoms. The van der Waals surface area contributed by atoms with Crippen molar-refractivity contribution >= 4 is 38.4 Å². The molecule has 2 rings (SSSR count). The number of rotatable bonds is 3. The zero-order valence-electron chi connectivity index (χ0n) is 8.84. The van der Waals surface area contributed by atoms with E-state index >= 15 is 0 Å². The first-order chi connectivity index (χ1) is 8.00. The third-order valence-corrected chi connectivity index (χ3v) is 4.70. The Kier molecular flexibility index (Phi) is 3.38. The van der Waals surface area contributed by atoms with E-state index in [0.717, 1.165) is 0 Å². The van der Waals surface area contributed by atoms with Gasteiger partial charge in [0.05, 0.1) is 4.90 Å². The first kappa shape index (κ1) is 12.4. The van der Waals surface area contributed by atoms with Gasteiger partial charge in [-0.2, -0.15) is 0 Å². The van der Waals surface area contributed by atoms with Crippen molar-refractivity contribution in [3.63, 3.8) is 0 Å². The van der Waals surface area contributed by atoms with Gasteiger partial charge in [0, 0.05) is 0 Å². The molecule has 0 saturated heterocycles. The van der Waals surface area contributed by atoms with E-state index in [2.05, 4.69) is 9.88 Å². The van der Waals surface area contributed by atoms with E-state index in [1.54, 1.807) is 25.1 Å². The largest absolute Gasteiger partial charge is 0.358 e. The number of nitrogens with one attached hydrogen (secondary N) is 1. The first-order valence-electron chi connectivity index (χ1n) is 4.70. The normalized spacial score (nSPS) is 11.4. The number of halogens is 1. The van der Waals surface area contributed by atoms with Crippen molar-refractivity contribution < 1.29 is 12.9 Å². The Bertz CT molecular complexity index is 622. The highest BCUT2D eigenvalue weighted by atomic mass is 127. The van der Waals surface area contributed by atoms with Gasteiger partial charge in [-0.1, -0.05) is 23.4 Å². The van der Waals surface area contributed by atoms with Crippen LogP contribution in [-0.2, 0) is 10.0 Å². The molecule has 0 unspecified atom stereocenters. The molecule has 0 bridgehead atoms. The van der Waals surface area contributed by atoms with Crippen molar-refractivity contribution in [2.45, 2.75) is 11.8 Å². The van der Waals surface area contributed by atoms with E-state index in [9.17, 15) is 8.42 Å². The number of benzene rings is 1. The Balaban J connectivity index is 2.34. The fourth-order valence-electron chi connectivity index (χ4n) is 1.21. The van der Waals surface area contributed by atoms with E-state index in [1.165, 1.54) is 12.1 Å². The second kappa shape index (κ2) is 4.65. The molecule has 17 heavy (non-hydrogen) atoms. The number of hydrogen-bond donors (Lipinski definition) is 1. The summed E-state index contributed by atoms with van der Waals surface area (Å²) in [4.78, 5) is 0.191. The molecule has 1 N–H and O–H groups in total. The van der Waals surface area contributed by atoms with Crippen LogP contribution in [0.3, 0.4) is 0 Å². The lowest BCUT2D eigenvalue weighted by atomic mass is 10.4. The minimum absolute atomic E-state index is 0.191. The molecule has 2 aromatic rings. The molecule has 0 atom stereocenters. The summed E-state index contributed by atoms with van der Waals surface area (Å²) < 4.78 is 31.9. The van der Waals surface area contributed by atoms with Crippen LogP contribution >= 0.6 is 22.6 Å². The van der Waals surface area contributed by atoms with Crippen molar-refractivity contribution in [1.82, 2.24) is 5.16 Å². The van der Waals surface area contributed by atoms with Gasteiger partial charge >= 0.3 is 0 Å². The van der Waals surface area contributed by atoms with Crippen LogP contribution < -0.4 is 4.72 Å². The van der Waals surface area contributed by atoms with Gasteiger partial charge in [0.15, 0.2) is 5.82 Å². The molecule has 0 aliphatic heterocycles. The van der Waals surface area contributed by atoms with Gasteiger partial charge < -0.3 is 4.52 Å². The van der Waals surface area contributed by atoms with E-state index in [1.807, 2.05) is 22.6 Å². The van der Waals surface area contributed by atoms with Crippen molar-refractivity contribution in [2.24, 2.45) is 0 Å². The van der Waals surface area contributed by atoms with Gasteiger partial charge in [0.1, 0.15) is 9.33 Å². The topological polar surface area (TPSA) is 72.2 Å². The zero-order chi connectivity index (χ0) is 12.5. The van der Waals surface area contributed by atoms with Crippen molar-refractivity contribution in [1.29, 1.82) is 0 Å². The molecule has 0 aliphatic carbocycles. The minimum atomic E-state index is -3.60. The molecule has 1 aromatic carbocycles. The zero-order valence-corrected chi connectivity index (χ0v) is 11.8. The number of aromatic nitrogens is 1. The summed E-state index contributed by atoms with van der Waals surface area (Å²) in [6.07, 6.45) is 0. The third-order valence-electron chi connectivity index (χ3n) is 2.08. The maximum atomic E-state index is 12.0. The van der Waals surface area contributed by atoms with Crippen LogP contribution in [-0.4, -0.2) is 13.6 Å². The smallest absolute Gasteiger partial charge is 0.263 e. The van der Waals surface area contributed by atoms with Gasteiger partial charge in [-0.15, -0.1) is 0 Å². The van der Waals surface area contributed by atoms with E-state index in [-0.39, 0.29) is 10.7 Å². The molecule has 90 valence electrons. The van der Waals surface area contributed by atoms with Crippen molar-refractivity contribution in [3.8, 4) is 0 Å². The van der Waals surface area contributed by atoms with Crippen LogP contribution in [0.5, 0.6) is 0 Å². The summed E-state index contributed by atoms with van der Waals surface area (Å²) in [5.74, 6) is 0.795. The SMILES string of the molecule is Cc1onc(NS(=O)(=O)c2ccccc2)c1I. The maximum absolute atomic E-state index is 12.0. The predicted octanol–water partition coefficient (Wildman–Crippen LogP) is 2.39. The molecule has 0 aliphatic rings. The number of sulfonamides is 1. The van der Waals surface area contributed by atoms with E-state index in [0.29, 0.717) is 9.33 Å². The average Bonchev–Trinajstić information content (AvgIpc) is 2.62. The molecule has 5 nitrogen and oxygen atoms in total. The summed E-state index contributed by atoms with van der Waals surface area (Å²) in [6, 6.07) is 8.11. The maximum Gasteiger partial charge on any atom is 0.263 e. The lowest BCUT2D eigenvalue weighted by molar-refractivity contribution is 0.399. The molecule has 1 heterocycles. The number of anilines is 1. The number of hydrogen-bond acceptors (Lipinski definition) is 4. The minimum Gasteiger partial charge on any atom is -0.358 e. The van der Waals surface area contributed by atoms with E-state index < -0.39 is 10.0 Å². The Morgan fingerprint density at radius 2 is 1.94 bits per heavy atom. The lowest BCUT2D eigenvalue weighted by Crippen LogP contribution is -2.13. The highest BCUT2D eigenvalue weighted by Gasteiger charge is 2.18. The van der Waals surface area contributed by atoms with Crippen LogP contribution in [0.1, 0.15) is 5.76 Å². The molecule has 0 amide bonds. The van der Waals surface area contributed by atoms with E-state index in [4.69, 9.17) is 4.52 Å². The lowest BCUT2D eigenvalue weighted by Gasteiger charge is -2.04. The Labute approximate surface area is 112 Å². The predicted molar refractivity (Wildman–Crippen MR) is 71.2 cm³/mol. The fraction of sp³-hybridized carbons (Fsp3) is 0.100. The van der Waals surface area contributed by atoms with Crippen LogP contribution in [0.25, 0.3) is 0 Å². The molecule has 7 heteroatoms. The van der Waals surface area contributed by atoms with Crippen molar-refractivity contribution in [2.75, 3.05) is 4.72 Å². The number of nitrogens with zero attached hydrogens (tertiary/aromatic N) is 1. The van der Waals surface area contributed by atoms with Crippen LogP contribution in [0, 0.1) is 10.5 Å². The summed E-state index contributed by atoms with van der Waals surface area (Å²) in [6.45, 7) is 1.72. The molecular weight excluding hydrogens is 355 g/mol. The Morgan fingerprint density at radius 3 is 2.47 bits per heavy atom. The highest BCUT2D eigenvalue weighted by Crippen LogP contribution is 2.23. The molecule has 0 radical (unpaired) electrons. The highest BCUT2D eigenvalue weighted by molar-refractivity contribution is 14.1. The van der Waals surface area contributed by atoms with Crippen molar-refractivity contribution in [3.05, 3.63) is 39.7 Å². The summed E-state index contributed by atoms with van der Waals surface area (Å²) in [5.41, 5.74) is 0. The average molecular weight is 364 g/mol. The molecular formula is C10H9IN2O3S. The van der Waals surface area contributed by atoms with Gasteiger partial charge in [-0.3, -0.25) is 4.72 Å².